The molecule has 2 amide bonds. The number of halogens is 1. The SMILES string of the molecule is CC(C)(C)n1cc(C(=O)NC2CC23CCN(C(=O)c2cnc4[nH]ccc4c2Cl)CC3)cn1. The molecular weight excluding hydrogens is 428 g/mol. The molecule has 1 spiro atoms. The summed E-state index contributed by atoms with van der Waals surface area (Å²) in [5.41, 5.74) is 1.61. The number of hydrogen-bond donors (Lipinski definition) is 2. The van der Waals surface area contributed by atoms with Crippen molar-refractivity contribution in [2.45, 2.75) is 51.6 Å². The second-order valence-corrected chi connectivity index (χ2v) is 10.3. The lowest BCUT2D eigenvalue weighted by molar-refractivity contribution is 0.0668. The van der Waals surface area contributed by atoms with Crippen molar-refractivity contribution in [1.29, 1.82) is 0 Å². The highest BCUT2D eigenvalue weighted by molar-refractivity contribution is 6.38. The Balaban J connectivity index is 1.20. The summed E-state index contributed by atoms with van der Waals surface area (Å²) in [7, 11) is 0. The van der Waals surface area contributed by atoms with Crippen molar-refractivity contribution in [2.24, 2.45) is 5.41 Å². The number of rotatable bonds is 3. The molecule has 4 heterocycles. The molecule has 5 rings (SSSR count). The smallest absolute Gasteiger partial charge is 0.256 e. The molecule has 1 saturated heterocycles. The van der Waals surface area contributed by atoms with Crippen LogP contribution < -0.4 is 5.32 Å². The zero-order valence-electron chi connectivity index (χ0n) is 18.5. The largest absolute Gasteiger partial charge is 0.349 e. The summed E-state index contributed by atoms with van der Waals surface area (Å²) in [6.07, 6.45) is 9.40. The highest BCUT2D eigenvalue weighted by Crippen LogP contribution is 2.54. The summed E-state index contributed by atoms with van der Waals surface area (Å²) in [6, 6.07) is 1.97. The van der Waals surface area contributed by atoms with E-state index in [1.54, 1.807) is 29.5 Å². The molecule has 1 atom stereocenters. The maximum atomic E-state index is 13.1. The van der Waals surface area contributed by atoms with Gasteiger partial charge in [-0.15, -0.1) is 0 Å². The average molecular weight is 455 g/mol. The summed E-state index contributed by atoms with van der Waals surface area (Å²) in [5.74, 6) is -0.171. The Kier molecular flexibility index (Phi) is 4.81. The van der Waals surface area contributed by atoms with E-state index in [0.29, 0.717) is 34.9 Å². The predicted octanol–water partition coefficient (Wildman–Crippen LogP) is 3.59. The Labute approximate surface area is 191 Å². The molecule has 168 valence electrons. The van der Waals surface area contributed by atoms with Crippen LogP contribution in [-0.4, -0.2) is 55.6 Å². The third-order valence-electron chi connectivity index (χ3n) is 6.82. The number of nitrogens with zero attached hydrogens (tertiary/aromatic N) is 4. The molecule has 0 radical (unpaired) electrons. The van der Waals surface area contributed by atoms with Gasteiger partial charge >= 0.3 is 0 Å². The fourth-order valence-corrected chi connectivity index (χ4v) is 4.88. The Bertz CT molecular complexity index is 1200. The summed E-state index contributed by atoms with van der Waals surface area (Å²) < 4.78 is 1.81. The van der Waals surface area contributed by atoms with E-state index in [2.05, 4.69) is 20.4 Å². The zero-order valence-corrected chi connectivity index (χ0v) is 19.2. The van der Waals surface area contributed by atoms with E-state index in [9.17, 15) is 9.59 Å². The van der Waals surface area contributed by atoms with Crippen LogP contribution in [-0.2, 0) is 5.54 Å². The molecule has 1 aliphatic carbocycles. The number of aromatic amines is 1. The minimum atomic E-state index is -0.164. The molecule has 9 heteroatoms. The minimum absolute atomic E-state index is 0.0824. The van der Waals surface area contributed by atoms with Gasteiger partial charge in [0.15, 0.2) is 0 Å². The topological polar surface area (TPSA) is 95.9 Å². The first-order valence-electron chi connectivity index (χ1n) is 10.9. The third-order valence-corrected chi connectivity index (χ3v) is 7.23. The van der Waals surface area contributed by atoms with Crippen LogP contribution in [0.2, 0.25) is 5.02 Å². The molecule has 1 unspecified atom stereocenters. The van der Waals surface area contributed by atoms with Crippen LogP contribution in [0.4, 0.5) is 0 Å². The maximum Gasteiger partial charge on any atom is 0.256 e. The molecule has 32 heavy (non-hydrogen) atoms. The lowest BCUT2D eigenvalue weighted by Gasteiger charge is -2.33. The Morgan fingerprint density at radius 2 is 2.00 bits per heavy atom. The number of carbonyl (C=O) groups is 2. The van der Waals surface area contributed by atoms with Gasteiger partial charge in [-0.3, -0.25) is 14.3 Å². The molecule has 3 aromatic heterocycles. The van der Waals surface area contributed by atoms with Crippen molar-refractivity contribution in [1.82, 2.24) is 30.0 Å². The third kappa shape index (κ3) is 3.56. The second kappa shape index (κ2) is 7.33. The molecular formula is C23H27ClN6O2. The van der Waals surface area contributed by atoms with Crippen LogP contribution in [0.15, 0.2) is 30.9 Å². The molecule has 2 fully saturated rings. The van der Waals surface area contributed by atoms with Gasteiger partial charge in [0.2, 0.25) is 0 Å². The van der Waals surface area contributed by atoms with Crippen LogP contribution in [0.1, 0.15) is 60.7 Å². The van der Waals surface area contributed by atoms with E-state index >= 15 is 0 Å². The van der Waals surface area contributed by atoms with Crippen LogP contribution in [0.5, 0.6) is 0 Å². The van der Waals surface area contributed by atoms with Crippen molar-refractivity contribution >= 4 is 34.4 Å². The molecule has 0 aromatic carbocycles. The Morgan fingerprint density at radius 1 is 1.25 bits per heavy atom. The maximum absolute atomic E-state index is 13.1. The van der Waals surface area contributed by atoms with Gasteiger partial charge in [-0.1, -0.05) is 11.6 Å². The van der Waals surface area contributed by atoms with Gasteiger partial charge in [0, 0.05) is 43.1 Å². The number of fused-ring (bicyclic) bond motifs is 1. The van der Waals surface area contributed by atoms with Crippen LogP contribution in [0, 0.1) is 5.41 Å². The van der Waals surface area contributed by atoms with Crippen molar-refractivity contribution < 1.29 is 9.59 Å². The van der Waals surface area contributed by atoms with E-state index in [0.717, 1.165) is 24.6 Å². The Hall–Kier alpha value is -2.87. The summed E-state index contributed by atoms with van der Waals surface area (Å²) in [4.78, 5) is 34.9. The van der Waals surface area contributed by atoms with Crippen LogP contribution in [0.3, 0.4) is 0 Å². The molecule has 8 nitrogen and oxygen atoms in total. The van der Waals surface area contributed by atoms with Crippen molar-refractivity contribution in [3.63, 3.8) is 0 Å². The van der Waals surface area contributed by atoms with Gasteiger partial charge < -0.3 is 15.2 Å². The lowest BCUT2D eigenvalue weighted by Crippen LogP contribution is -2.41. The van der Waals surface area contributed by atoms with E-state index in [1.165, 1.54) is 0 Å². The standard InChI is InChI=1S/C23H27ClN6O2/c1-22(2,3)30-13-14(11-27-30)20(31)28-17-10-23(17)5-8-29(9-6-23)21(32)16-12-26-19-15(18(16)24)4-7-25-19/h4,7,11-13,17H,5-6,8-10H2,1-3H3,(H,25,26)(H,28,31). The fraction of sp³-hybridized carbons (Fsp3) is 0.478. The Morgan fingerprint density at radius 3 is 2.69 bits per heavy atom. The first-order valence-corrected chi connectivity index (χ1v) is 11.3. The molecule has 0 bridgehead atoms. The van der Waals surface area contributed by atoms with E-state index in [-0.39, 0.29) is 28.8 Å². The van der Waals surface area contributed by atoms with Gasteiger partial charge in [0.25, 0.3) is 11.8 Å². The van der Waals surface area contributed by atoms with Crippen molar-refractivity contribution in [2.75, 3.05) is 13.1 Å². The summed E-state index contributed by atoms with van der Waals surface area (Å²) >= 11 is 6.47. The normalized spacial score (nSPS) is 20.0. The number of H-pyrrole nitrogens is 1. The van der Waals surface area contributed by atoms with Gasteiger partial charge in [-0.2, -0.15) is 5.10 Å². The minimum Gasteiger partial charge on any atom is -0.349 e. The number of carbonyl (C=O) groups excluding carboxylic acids is 2. The molecule has 1 aliphatic heterocycles. The molecule has 3 aromatic rings. The quantitative estimate of drug-likeness (QED) is 0.632. The van der Waals surface area contributed by atoms with Gasteiger partial charge in [-0.25, -0.2) is 4.98 Å². The molecule has 2 N–H and O–H groups in total. The van der Waals surface area contributed by atoms with E-state index < -0.39 is 0 Å². The summed E-state index contributed by atoms with van der Waals surface area (Å²) in [5, 5.41) is 8.68. The zero-order chi connectivity index (χ0) is 22.7. The van der Waals surface area contributed by atoms with Crippen LogP contribution >= 0.6 is 11.6 Å². The van der Waals surface area contributed by atoms with E-state index in [4.69, 9.17) is 11.6 Å². The number of piperidine rings is 1. The van der Waals surface area contributed by atoms with Gasteiger partial charge in [-0.05, 0) is 51.5 Å². The number of amides is 2. The molecule has 2 aliphatic rings. The van der Waals surface area contributed by atoms with E-state index in [1.807, 2.05) is 31.7 Å². The number of nitrogens with one attached hydrogen (secondary N) is 2. The highest BCUT2D eigenvalue weighted by Gasteiger charge is 2.56. The lowest BCUT2D eigenvalue weighted by atomic mass is 9.92. The van der Waals surface area contributed by atoms with Gasteiger partial charge in [0.05, 0.1) is 27.9 Å². The second-order valence-electron chi connectivity index (χ2n) is 9.95. The van der Waals surface area contributed by atoms with Crippen LogP contribution in [0.25, 0.3) is 11.0 Å². The fourth-order valence-electron chi connectivity index (χ4n) is 4.60. The number of likely N-dealkylation sites (tertiary alicyclic amines) is 1. The van der Waals surface area contributed by atoms with Crippen molar-refractivity contribution in [3.8, 4) is 0 Å². The summed E-state index contributed by atoms with van der Waals surface area (Å²) in [6.45, 7) is 7.44. The number of pyridine rings is 1. The van der Waals surface area contributed by atoms with Gasteiger partial charge in [0.1, 0.15) is 5.65 Å². The van der Waals surface area contributed by atoms with Crippen molar-refractivity contribution in [3.05, 3.63) is 47.0 Å². The first-order chi connectivity index (χ1) is 15.2. The predicted molar refractivity (Wildman–Crippen MR) is 122 cm³/mol. The first kappa shape index (κ1) is 21.0. The number of aromatic nitrogens is 4. The monoisotopic (exact) mass is 454 g/mol. The highest BCUT2D eigenvalue weighted by atomic mass is 35.5. The average Bonchev–Trinajstić information content (AvgIpc) is 3.17. The molecule has 1 saturated carbocycles. The number of hydrogen-bond acceptors (Lipinski definition) is 4.